The first kappa shape index (κ1) is 21.9. The van der Waals surface area contributed by atoms with Gasteiger partial charge in [-0.25, -0.2) is 4.39 Å². The Morgan fingerprint density at radius 1 is 1.03 bits per heavy atom. The molecule has 0 fully saturated rings. The average molecular weight is 475 g/mol. The molecule has 4 aromatic rings. The Balaban J connectivity index is 1.43. The molecule has 34 heavy (non-hydrogen) atoms. The van der Waals surface area contributed by atoms with Crippen LogP contribution in [0.3, 0.4) is 0 Å². The van der Waals surface area contributed by atoms with E-state index in [1.54, 1.807) is 42.3 Å². The zero-order valence-corrected chi connectivity index (χ0v) is 19.0. The van der Waals surface area contributed by atoms with Gasteiger partial charge in [0.05, 0.1) is 35.1 Å². The van der Waals surface area contributed by atoms with Crippen molar-refractivity contribution in [2.75, 3.05) is 10.2 Å². The number of pyridine rings is 1. The highest BCUT2D eigenvalue weighted by Crippen LogP contribution is 2.30. The van der Waals surface area contributed by atoms with Gasteiger partial charge in [0.2, 0.25) is 0 Å². The van der Waals surface area contributed by atoms with Crippen LogP contribution >= 0.6 is 11.6 Å². The standard InChI is InChI=1S/C26H20ClFN4O2/c1-16-6-7-17(28)12-21(16)25(33)30-18-8-9-20(22(27)13-18)26(34)32-14-19-4-3-11-31(19)15-23-24(32)5-2-10-29-23/h2-13H,14-15H2,1H3,(H,30,33). The van der Waals surface area contributed by atoms with Crippen LogP contribution in [-0.4, -0.2) is 21.4 Å². The second kappa shape index (κ2) is 8.76. The molecule has 0 spiro atoms. The van der Waals surface area contributed by atoms with Gasteiger partial charge in [-0.3, -0.25) is 14.6 Å². The van der Waals surface area contributed by atoms with Crippen LogP contribution in [0.1, 0.15) is 37.7 Å². The summed E-state index contributed by atoms with van der Waals surface area (Å²) in [5.41, 5.74) is 4.08. The number of halogens is 2. The number of nitrogens with zero attached hydrogens (tertiary/aromatic N) is 3. The van der Waals surface area contributed by atoms with Crippen molar-refractivity contribution < 1.29 is 14.0 Å². The maximum Gasteiger partial charge on any atom is 0.260 e. The van der Waals surface area contributed by atoms with Crippen molar-refractivity contribution in [3.05, 3.63) is 112 Å². The molecule has 1 N–H and O–H groups in total. The van der Waals surface area contributed by atoms with E-state index in [2.05, 4.69) is 14.9 Å². The van der Waals surface area contributed by atoms with E-state index in [4.69, 9.17) is 11.6 Å². The van der Waals surface area contributed by atoms with Gasteiger partial charge in [-0.1, -0.05) is 17.7 Å². The van der Waals surface area contributed by atoms with Gasteiger partial charge >= 0.3 is 0 Å². The Morgan fingerprint density at radius 2 is 1.88 bits per heavy atom. The lowest BCUT2D eigenvalue weighted by molar-refractivity contribution is 0.0984. The lowest BCUT2D eigenvalue weighted by atomic mass is 10.1. The van der Waals surface area contributed by atoms with Crippen molar-refractivity contribution in [3.63, 3.8) is 0 Å². The molecule has 170 valence electrons. The number of hydrogen-bond donors (Lipinski definition) is 1. The maximum absolute atomic E-state index is 13.6. The maximum atomic E-state index is 13.6. The van der Waals surface area contributed by atoms with Crippen molar-refractivity contribution in [2.24, 2.45) is 0 Å². The van der Waals surface area contributed by atoms with E-state index in [-0.39, 0.29) is 16.5 Å². The van der Waals surface area contributed by atoms with Crippen LogP contribution in [0.15, 0.2) is 73.1 Å². The summed E-state index contributed by atoms with van der Waals surface area (Å²) < 4.78 is 15.6. The van der Waals surface area contributed by atoms with E-state index in [1.165, 1.54) is 18.2 Å². The fourth-order valence-electron chi connectivity index (χ4n) is 4.08. The van der Waals surface area contributed by atoms with Crippen LogP contribution in [0.4, 0.5) is 15.8 Å². The second-order valence-electron chi connectivity index (χ2n) is 8.10. The first-order valence-electron chi connectivity index (χ1n) is 10.7. The third kappa shape index (κ3) is 4.06. The number of nitrogens with one attached hydrogen (secondary N) is 1. The van der Waals surface area contributed by atoms with Crippen LogP contribution < -0.4 is 10.2 Å². The minimum absolute atomic E-state index is 0.198. The molecule has 8 heteroatoms. The zero-order valence-electron chi connectivity index (χ0n) is 18.3. The van der Waals surface area contributed by atoms with Crippen molar-refractivity contribution in [1.82, 2.24) is 9.55 Å². The highest BCUT2D eigenvalue weighted by molar-refractivity contribution is 6.35. The van der Waals surface area contributed by atoms with Crippen LogP contribution in [-0.2, 0) is 13.1 Å². The Morgan fingerprint density at radius 3 is 2.71 bits per heavy atom. The van der Waals surface area contributed by atoms with Gasteiger partial charge in [0.15, 0.2) is 0 Å². The molecule has 2 aromatic heterocycles. The topological polar surface area (TPSA) is 67.2 Å². The van der Waals surface area contributed by atoms with Crippen molar-refractivity contribution in [2.45, 2.75) is 20.0 Å². The molecular formula is C26H20ClFN4O2. The van der Waals surface area contributed by atoms with Gasteiger partial charge in [-0.05, 0) is 67.1 Å². The molecule has 1 aliphatic heterocycles. The molecule has 1 aliphatic rings. The summed E-state index contributed by atoms with van der Waals surface area (Å²) in [6, 6.07) is 16.3. The molecule has 0 atom stereocenters. The molecule has 0 saturated heterocycles. The van der Waals surface area contributed by atoms with E-state index >= 15 is 0 Å². The van der Waals surface area contributed by atoms with E-state index in [0.29, 0.717) is 29.9 Å². The van der Waals surface area contributed by atoms with Gasteiger partial charge < -0.3 is 14.8 Å². The summed E-state index contributed by atoms with van der Waals surface area (Å²) in [4.78, 5) is 32.3. The number of carbonyl (C=O) groups is 2. The van der Waals surface area contributed by atoms with Crippen LogP contribution in [0.2, 0.25) is 5.02 Å². The van der Waals surface area contributed by atoms with E-state index in [9.17, 15) is 14.0 Å². The number of benzene rings is 2. The molecule has 2 amide bonds. The van der Waals surface area contributed by atoms with Gasteiger partial charge in [0.1, 0.15) is 5.82 Å². The molecule has 0 radical (unpaired) electrons. The molecule has 5 rings (SSSR count). The van der Waals surface area contributed by atoms with Crippen LogP contribution in [0.25, 0.3) is 0 Å². The van der Waals surface area contributed by atoms with E-state index in [1.807, 2.05) is 24.4 Å². The molecule has 0 aliphatic carbocycles. The Bertz CT molecular complexity index is 1430. The van der Waals surface area contributed by atoms with Crippen LogP contribution in [0, 0.1) is 12.7 Å². The molecular weight excluding hydrogens is 455 g/mol. The molecule has 3 heterocycles. The lowest BCUT2D eigenvalue weighted by Gasteiger charge is -2.23. The summed E-state index contributed by atoms with van der Waals surface area (Å²) >= 11 is 6.50. The number of rotatable bonds is 3. The zero-order chi connectivity index (χ0) is 23.8. The smallest absolute Gasteiger partial charge is 0.260 e. The SMILES string of the molecule is Cc1ccc(F)cc1C(=O)Nc1ccc(C(=O)N2Cc3cccn3Cc3ncccc32)c(Cl)c1. The summed E-state index contributed by atoms with van der Waals surface area (Å²) in [7, 11) is 0. The minimum Gasteiger partial charge on any atom is -0.344 e. The molecule has 2 aromatic carbocycles. The predicted molar refractivity (Wildman–Crippen MR) is 129 cm³/mol. The minimum atomic E-state index is -0.493. The number of hydrogen-bond acceptors (Lipinski definition) is 3. The van der Waals surface area contributed by atoms with Crippen molar-refractivity contribution in [3.8, 4) is 0 Å². The first-order chi connectivity index (χ1) is 16.4. The monoisotopic (exact) mass is 474 g/mol. The average Bonchev–Trinajstić information content (AvgIpc) is 3.19. The Labute approximate surface area is 200 Å². The Kier molecular flexibility index (Phi) is 5.63. The third-order valence-corrected chi connectivity index (χ3v) is 6.18. The quantitative estimate of drug-likeness (QED) is 0.429. The summed E-state index contributed by atoms with van der Waals surface area (Å²) in [6.07, 6.45) is 3.67. The number of aryl methyl sites for hydroxylation is 1. The second-order valence-corrected chi connectivity index (χ2v) is 8.50. The first-order valence-corrected chi connectivity index (χ1v) is 11.1. The molecule has 0 bridgehead atoms. The number of fused-ring (bicyclic) bond motifs is 2. The van der Waals surface area contributed by atoms with E-state index < -0.39 is 11.7 Å². The lowest BCUT2D eigenvalue weighted by Crippen LogP contribution is -2.31. The summed E-state index contributed by atoms with van der Waals surface area (Å²) in [5, 5.41) is 2.92. The number of anilines is 2. The number of aromatic nitrogens is 2. The van der Waals surface area contributed by atoms with Crippen molar-refractivity contribution in [1.29, 1.82) is 0 Å². The van der Waals surface area contributed by atoms with Gasteiger partial charge in [0.25, 0.3) is 11.8 Å². The highest BCUT2D eigenvalue weighted by Gasteiger charge is 2.27. The normalized spacial score (nSPS) is 12.5. The molecule has 0 unspecified atom stereocenters. The van der Waals surface area contributed by atoms with Crippen molar-refractivity contribution >= 4 is 34.8 Å². The predicted octanol–water partition coefficient (Wildman–Crippen LogP) is 5.45. The third-order valence-electron chi connectivity index (χ3n) is 5.87. The van der Waals surface area contributed by atoms with Gasteiger partial charge in [0, 0.05) is 29.3 Å². The molecule has 0 saturated carbocycles. The van der Waals surface area contributed by atoms with Gasteiger partial charge in [-0.15, -0.1) is 0 Å². The summed E-state index contributed by atoms with van der Waals surface area (Å²) in [6.45, 7) is 2.67. The fraction of sp³-hybridized carbons (Fsp3) is 0.115. The fourth-order valence-corrected chi connectivity index (χ4v) is 4.34. The highest BCUT2D eigenvalue weighted by atomic mass is 35.5. The number of amides is 2. The Hall–Kier alpha value is -3.97. The number of carbonyl (C=O) groups excluding carboxylic acids is 2. The van der Waals surface area contributed by atoms with Gasteiger partial charge in [-0.2, -0.15) is 0 Å². The summed E-state index contributed by atoms with van der Waals surface area (Å²) in [5.74, 6) is -1.22. The molecule has 6 nitrogen and oxygen atoms in total. The van der Waals surface area contributed by atoms with Crippen LogP contribution in [0.5, 0.6) is 0 Å². The largest absolute Gasteiger partial charge is 0.344 e. The van der Waals surface area contributed by atoms with E-state index in [0.717, 1.165) is 17.1 Å².